The third-order valence-electron chi connectivity index (χ3n) is 5.41. The average molecular weight is 366 g/mol. The van der Waals surface area contributed by atoms with Gasteiger partial charge in [-0.25, -0.2) is 4.79 Å². The van der Waals surface area contributed by atoms with Gasteiger partial charge in [0.2, 0.25) is 0 Å². The zero-order valence-corrected chi connectivity index (χ0v) is 16.0. The number of nitrogens with one attached hydrogen (secondary N) is 1. The summed E-state index contributed by atoms with van der Waals surface area (Å²) in [5.74, 6) is -0.589. The zero-order chi connectivity index (χ0) is 19.3. The van der Waals surface area contributed by atoms with Gasteiger partial charge in [-0.15, -0.1) is 0 Å². The highest BCUT2D eigenvalue weighted by molar-refractivity contribution is 6.00. The van der Waals surface area contributed by atoms with Gasteiger partial charge in [-0.3, -0.25) is 9.78 Å². The number of esters is 1. The summed E-state index contributed by atoms with van der Waals surface area (Å²) in [6.45, 7) is 1.91. The van der Waals surface area contributed by atoms with Gasteiger partial charge in [-0.2, -0.15) is 0 Å². The summed E-state index contributed by atoms with van der Waals surface area (Å²) in [6, 6.07) is 11.3. The molecule has 1 fully saturated rings. The highest BCUT2D eigenvalue weighted by Gasteiger charge is 2.41. The van der Waals surface area contributed by atoms with E-state index in [9.17, 15) is 9.59 Å². The largest absolute Gasteiger partial charge is 0.467 e. The fourth-order valence-electron chi connectivity index (χ4n) is 3.87. The van der Waals surface area contributed by atoms with Crippen LogP contribution in [-0.2, 0) is 9.53 Å². The molecule has 1 amide bonds. The Hall–Kier alpha value is -2.69. The molecule has 1 aliphatic rings. The number of hydrogen-bond donors (Lipinski definition) is 1. The number of nitrogens with zero attached hydrogens (tertiary/aromatic N) is 1. The van der Waals surface area contributed by atoms with E-state index in [2.05, 4.69) is 10.3 Å². The molecule has 1 N–H and O–H groups in total. The van der Waals surface area contributed by atoms with E-state index in [0.717, 1.165) is 42.5 Å². The second-order valence-electron chi connectivity index (χ2n) is 7.14. The summed E-state index contributed by atoms with van der Waals surface area (Å²) in [4.78, 5) is 30.0. The van der Waals surface area contributed by atoms with Crippen LogP contribution >= 0.6 is 0 Å². The minimum atomic E-state index is -0.935. The Morgan fingerprint density at radius 2 is 1.78 bits per heavy atom. The number of aromatic nitrogens is 1. The summed E-state index contributed by atoms with van der Waals surface area (Å²) >= 11 is 0. The smallest absolute Gasteiger partial charge is 0.331 e. The fraction of sp³-hybridized carbons (Fsp3) is 0.409. The van der Waals surface area contributed by atoms with Gasteiger partial charge in [0, 0.05) is 17.3 Å². The molecule has 1 aromatic heterocycles. The van der Waals surface area contributed by atoms with Gasteiger partial charge in [0.05, 0.1) is 12.8 Å². The van der Waals surface area contributed by atoms with E-state index < -0.39 is 5.54 Å². The van der Waals surface area contributed by atoms with E-state index >= 15 is 0 Å². The predicted octanol–water partition coefficient (Wildman–Crippen LogP) is 4.05. The lowest BCUT2D eigenvalue weighted by Gasteiger charge is -2.31. The number of carbonyl (C=O) groups is 2. The molecular formula is C22H26N2O3. The Bertz CT molecular complexity index is 810. The molecule has 27 heavy (non-hydrogen) atoms. The molecule has 5 nitrogen and oxygen atoms in total. The third-order valence-corrected chi connectivity index (χ3v) is 5.41. The molecular weight excluding hydrogens is 340 g/mol. The highest BCUT2D eigenvalue weighted by Crippen LogP contribution is 2.30. The number of hydrogen-bond acceptors (Lipinski definition) is 4. The number of rotatable bonds is 4. The van der Waals surface area contributed by atoms with Gasteiger partial charge >= 0.3 is 5.97 Å². The van der Waals surface area contributed by atoms with Crippen molar-refractivity contribution in [2.24, 2.45) is 0 Å². The lowest BCUT2D eigenvalue weighted by Crippen LogP contribution is -2.54. The Kier molecular flexibility index (Phi) is 5.89. The average Bonchev–Trinajstić information content (AvgIpc) is 2.94. The second kappa shape index (κ2) is 8.33. The summed E-state index contributed by atoms with van der Waals surface area (Å²) < 4.78 is 5.05. The first-order valence-electron chi connectivity index (χ1n) is 9.49. The Morgan fingerprint density at radius 1 is 1.04 bits per heavy atom. The first kappa shape index (κ1) is 19.1. The van der Waals surface area contributed by atoms with Crippen molar-refractivity contribution in [2.75, 3.05) is 7.11 Å². The van der Waals surface area contributed by atoms with Crippen LogP contribution in [0.3, 0.4) is 0 Å². The van der Waals surface area contributed by atoms with Crippen molar-refractivity contribution in [1.82, 2.24) is 10.3 Å². The van der Waals surface area contributed by atoms with E-state index in [1.165, 1.54) is 7.11 Å². The molecule has 142 valence electrons. The van der Waals surface area contributed by atoms with Crippen molar-refractivity contribution >= 4 is 11.9 Å². The molecule has 0 radical (unpaired) electrons. The number of pyridine rings is 1. The van der Waals surface area contributed by atoms with Crippen molar-refractivity contribution in [3.8, 4) is 11.3 Å². The van der Waals surface area contributed by atoms with Crippen LogP contribution in [0.4, 0.5) is 0 Å². The molecule has 0 atom stereocenters. The molecule has 1 aliphatic carbocycles. The Balaban J connectivity index is 1.92. The Labute approximate surface area is 160 Å². The minimum Gasteiger partial charge on any atom is -0.467 e. The van der Waals surface area contributed by atoms with Crippen molar-refractivity contribution in [3.63, 3.8) is 0 Å². The minimum absolute atomic E-state index is 0.238. The van der Waals surface area contributed by atoms with Gasteiger partial charge in [-0.05, 0) is 43.5 Å². The molecule has 2 aromatic rings. The van der Waals surface area contributed by atoms with Crippen LogP contribution < -0.4 is 5.32 Å². The third kappa shape index (κ3) is 4.02. The van der Waals surface area contributed by atoms with Crippen molar-refractivity contribution < 1.29 is 14.3 Å². The number of amides is 1. The van der Waals surface area contributed by atoms with Crippen LogP contribution in [0, 0.1) is 6.92 Å². The lowest BCUT2D eigenvalue weighted by atomic mass is 9.89. The van der Waals surface area contributed by atoms with E-state index in [1.807, 2.05) is 37.3 Å². The van der Waals surface area contributed by atoms with Gasteiger partial charge in [0.25, 0.3) is 5.91 Å². The number of carbonyl (C=O) groups excluding carboxylic acids is 2. The van der Waals surface area contributed by atoms with E-state index in [-0.39, 0.29) is 11.9 Å². The first-order valence-corrected chi connectivity index (χ1v) is 9.49. The van der Waals surface area contributed by atoms with Gasteiger partial charge < -0.3 is 10.1 Å². The molecule has 5 heteroatoms. The molecule has 1 heterocycles. The molecule has 3 rings (SSSR count). The molecule has 0 spiro atoms. The van der Waals surface area contributed by atoms with Crippen LogP contribution in [0.5, 0.6) is 0 Å². The number of benzene rings is 1. The Morgan fingerprint density at radius 3 is 2.41 bits per heavy atom. The van der Waals surface area contributed by atoms with Gasteiger partial charge in [0.1, 0.15) is 5.54 Å². The highest BCUT2D eigenvalue weighted by atomic mass is 16.5. The quantitative estimate of drug-likeness (QED) is 0.655. The second-order valence-corrected chi connectivity index (χ2v) is 7.14. The number of ether oxygens (including phenoxy) is 1. The summed E-state index contributed by atoms with van der Waals surface area (Å²) in [5.41, 5.74) is 2.21. The van der Waals surface area contributed by atoms with Crippen LogP contribution in [-0.4, -0.2) is 29.5 Å². The summed E-state index contributed by atoms with van der Waals surface area (Å²) in [7, 11) is 1.38. The topological polar surface area (TPSA) is 68.3 Å². The van der Waals surface area contributed by atoms with Crippen molar-refractivity contribution in [2.45, 2.75) is 51.0 Å². The van der Waals surface area contributed by atoms with E-state index in [4.69, 9.17) is 4.74 Å². The van der Waals surface area contributed by atoms with Crippen LogP contribution in [0.15, 0.2) is 42.6 Å². The van der Waals surface area contributed by atoms with E-state index in [0.29, 0.717) is 18.4 Å². The van der Waals surface area contributed by atoms with Crippen LogP contribution in [0.1, 0.15) is 54.4 Å². The normalized spacial score (nSPS) is 16.2. The fourth-order valence-corrected chi connectivity index (χ4v) is 3.87. The summed E-state index contributed by atoms with van der Waals surface area (Å²) in [5, 5.41) is 3.02. The van der Waals surface area contributed by atoms with Crippen LogP contribution in [0.2, 0.25) is 0 Å². The zero-order valence-electron chi connectivity index (χ0n) is 16.0. The standard InChI is InChI=1S/C22H26N2O3/c1-16-17(19-12-5-8-15-23-19)10-9-11-18(16)20(25)24-22(21(26)27-2)13-6-3-4-7-14-22/h5,8-12,15H,3-4,6-7,13-14H2,1-2H3,(H,24,25). The summed E-state index contributed by atoms with van der Waals surface area (Å²) in [6.07, 6.45) is 6.92. The molecule has 0 bridgehead atoms. The SMILES string of the molecule is COC(=O)C1(NC(=O)c2cccc(-c3ccccn3)c2C)CCCCCC1. The van der Waals surface area contributed by atoms with Crippen LogP contribution in [0.25, 0.3) is 11.3 Å². The molecule has 1 saturated carbocycles. The maximum Gasteiger partial charge on any atom is 0.331 e. The molecule has 0 unspecified atom stereocenters. The maximum atomic E-state index is 13.1. The van der Waals surface area contributed by atoms with Gasteiger partial charge in [-0.1, -0.05) is 43.9 Å². The first-order chi connectivity index (χ1) is 13.1. The number of methoxy groups -OCH3 is 1. The van der Waals surface area contributed by atoms with Gasteiger partial charge in [0.15, 0.2) is 0 Å². The van der Waals surface area contributed by atoms with Crippen molar-refractivity contribution in [3.05, 3.63) is 53.7 Å². The van der Waals surface area contributed by atoms with E-state index in [1.54, 1.807) is 12.3 Å². The predicted molar refractivity (Wildman–Crippen MR) is 104 cm³/mol. The maximum absolute atomic E-state index is 13.1. The molecule has 0 aliphatic heterocycles. The molecule has 1 aromatic carbocycles. The monoisotopic (exact) mass is 366 g/mol. The van der Waals surface area contributed by atoms with Crippen molar-refractivity contribution in [1.29, 1.82) is 0 Å². The molecule has 0 saturated heterocycles. The lowest BCUT2D eigenvalue weighted by molar-refractivity contribution is -0.148.